The highest BCUT2D eigenvalue weighted by atomic mass is 16.5. The van der Waals surface area contributed by atoms with Crippen LogP contribution in [0.2, 0.25) is 0 Å². The van der Waals surface area contributed by atoms with Crippen molar-refractivity contribution < 1.29 is 9.53 Å². The predicted molar refractivity (Wildman–Crippen MR) is 75.4 cm³/mol. The minimum absolute atomic E-state index is 0.186. The lowest BCUT2D eigenvalue weighted by atomic mass is 10.0. The maximum absolute atomic E-state index is 11.7. The van der Waals surface area contributed by atoms with Crippen LogP contribution in [0.4, 0.5) is 0 Å². The standard InChI is InChI=1S/C15H16N2O3/c1-10-4-5-11(2)12(8-10)13-6-7-14(18)17(16-13)9-15(19)20-3/h4-8H,9H2,1-3H3. The van der Waals surface area contributed by atoms with E-state index in [0.29, 0.717) is 5.69 Å². The molecular weight excluding hydrogens is 256 g/mol. The Morgan fingerprint density at radius 1 is 1.25 bits per heavy atom. The molecule has 1 heterocycles. The molecule has 20 heavy (non-hydrogen) atoms. The van der Waals surface area contributed by atoms with Gasteiger partial charge in [0.25, 0.3) is 5.56 Å². The Labute approximate surface area is 116 Å². The molecule has 1 aromatic heterocycles. The van der Waals surface area contributed by atoms with E-state index < -0.39 is 5.97 Å². The average Bonchev–Trinajstić information content (AvgIpc) is 2.44. The van der Waals surface area contributed by atoms with Crippen LogP contribution in [0.25, 0.3) is 11.3 Å². The van der Waals surface area contributed by atoms with Gasteiger partial charge in [-0.25, -0.2) is 4.68 Å². The molecule has 0 N–H and O–H groups in total. The molecule has 2 rings (SSSR count). The van der Waals surface area contributed by atoms with Gasteiger partial charge in [0.05, 0.1) is 12.8 Å². The molecule has 5 heteroatoms. The van der Waals surface area contributed by atoms with E-state index in [1.807, 2.05) is 32.0 Å². The molecule has 0 aliphatic rings. The van der Waals surface area contributed by atoms with Crippen LogP contribution < -0.4 is 5.56 Å². The van der Waals surface area contributed by atoms with Gasteiger partial charge in [-0.15, -0.1) is 0 Å². The molecule has 0 saturated carbocycles. The van der Waals surface area contributed by atoms with Gasteiger partial charge in [0.2, 0.25) is 0 Å². The van der Waals surface area contributed by atoms with Gasteiger partial charge in [-0.1, -0.05) is 17.7 Å². The van der Waals surface area contributed by atoms with Crippen LogP contribution in [0.5, 0.6) is 0 Å². The third-order valence-electron chi connectivity index (χ3n) is 3.04. The van der Waals surface area contributed by atoms with E-state index >= 15 is 0 Å². The van der Waals surface area contributed by atoms with E-state index in [-0.39, 0.29) is 12.1 Å². The van der Waals surface area contributed by atoms with Crippen molar-refractivity contribution in [2.24, 2.45) is 0 Å². The molecule has 1 aromatic carbocycles. The second-order valence-electron chi connectivity index (χ2n) is 4.61. The first-order chi connectivity index (χ1) is 9.51. The van der Waals surface area contributed by atoms with E-state index in [2.05, 4.69) is 9.84 Å². The summed E-state index contributed by atoms with van der Waals surface area (Å²) in [6.07, 6.45) is 0. The van der Waals surface area contributed by atoms with Crippen LogP contribution in [0.1, 0.15) is 11.1 Å². The van der Waals surface area contributed by atoms with E-state index in [4.69, 9.17) is 0 Å². The lowest BCUT2D eigenvalue weighted by Gasteiger charge is -2.09. The maximum atomic E-state index is 11.7. The number of hydrogen-bond donors (Lipinski definition) is 0. The summed E-state index contributed by atoms with van der Waals surface area (Å²) in [7, 11) is 1.28. The summed E-state index contributed by atoms with van der Waals surface area (Å²) in [6, 6.07) is 9.10. The molecule has 2 aromatic rings. The van der Waals surface area contributed by atoms with Gasteiger partial charge in [-0.05, 0) is 31.5 Å². The number of methoxy groups -OCH3 is 1. The fourth-order valence-corrected chi connectivity index (χ4v) is 1.90. The number of esters is 1. The zero-order valence-corrected chi connectivity index (χ0v) is 11.7. The third-order valence-corrected chi connectivity index (χ3v) is 3.04. The number of aromatic nitrogens is 2. The van der Waals surface area contributed by atoms with Crippen molar-refractivity contribution in [1.82, 2.24) is 9.78 Å². The molecule has 0 bridgehead atoms. The van der Waals surface area contributed by atoms with Crippen LogP contribution in [0, 0.1) is 13.8 Å². The minimum Gasteiger partial charge on any atom is -0.468 e. The Morgan fingerprint density at radius 2 is 2.00 bits per heavy atom. The Bertz CT molecular complexity index is 705. The van der Waals surface area contributed by atoms with Crippen LogP contribution >= 0.6 is 0 Å². The molecule has 0 saturated heterocycles. The van der Waals surface area contributed by atoms with Crippen molar-refractivity contribution in [2.45, 2.75) is 20.4 Å². The summed E-state index contributed by atoms with van der Waals surface area (Å²) in [5.41, 5.74) is 3.45. The van der Waals surface area contributed by atoms with Gasteiger partial charge in [-0.3, -0.25) is 9.59 Å². The number of carbonyl (C=O) groups is 1. The van der Waals surface area contributed by atoms with Crippen molar-refractivity contribution in [1.29, 1.82) is 0 Å². The smallest absolute Gasteiger partial charge is 0.327 e. The largest absolute Gasteiger partial charge is 0.468 e. The van der Waals surface area contributed by atoms with Crippen LogP contribution in [0.3, 0.4) is 0 Å². The maximum Gasteiger partial charge on any atom is 0.327 e. The summed E-state index contributed by atoms with van der Waals surface area (Å²) in [6.45, 7) is 3.79. The number of rotatable bonds is 3. The monoisotopic (exact) mass is 272 g/mol. The fourth-order valence-electron chi connectivity index (χ4n) is 1.90. The number of carbonyl (C=O) groups excluding carboxylic acids is 1. The Morgan fingerprint density at radius 3 is 2.70 bits per heavy atom. The highest BCUT2D eigenvalue weighted by Crippen LogP contribution is 2.21. The van der Waals surface area contributed by atoms with Crippen molar-refractivity contribution in [2.75, 3.05) is 7.11 Å². The molecule has 0 radical (unpaired) electrons. The molecule has 0 amide bonds. The third kappa shape index (κ3) is 2.93. The zero-order valence-electron chi connectivity index (χ0n) is 11.7. The lowest BCUT2D eigenvalue weighted by Crippen LogP contribution is -2.26. The summed E-state index contributed by atoms with van der Waals surface area (Å²) >= 11 is 0. The second-order valence-corrected chi connectivity index (χ2v) is 4.61. The first-order valence-electron chi connectivity index (χ1n) is 6.24. The summed E-state index contributed by atoms with van der Waals surface area (Å²) in [5, 5.41) is 4.24. The lowest BCUT2D eigenvalue weighted by molar-refractivity contribution is -0.141. The van der Waals surface area contributed by atoms with Gasteiger partial charge in [-0.2, -0.15) is 5.10 Å². The van der Waals surface area contributed by atoms with Crippen molar-refractivity contribution in [3.63, 3.8) is 0 Å². The van der Waals surface area contributed by atoms with E-state index in [9.17, 15) is 9.59 Å². The fraction of sp³-hybridized carbons (Fsp3) is 0.267. The Hall–Kier alpha value is -2.43. The number of nitrogens with zero attached hydrogens (tertiary/aromatic N) is 2. The molecule has 5 nitrogen and oxygen atoms in total. The number of aryl methyl sites for hydroxylation is 2. The number of benzene rings is 1. The van der Waals surface area contributed by atoms with Crippen LogP contribution in [-0.4, -0.2) is 22.9 Å². The van der Waals surface area contributed by atoms with Crippen molar-refractivity contribution >= 4 is 5.97 Å². The zero-order chi connectivity index (χ0) is 14.7. The highest BCUT2D eigenvalue weighted by Gasteiger charge is 2.09. The van der Waals surface area contributed by atoms with Gasteiger partial charge in [0, 0.05) is 11.6 Å². The van der Waals surface area contributed by atoms with E-state index in [1.165, 1.54) is 13.2 Å². The molecule has 0 fully saturated rings. The van der Waals surface area contributed by atoms with Gasteiger partial charge >= 0.3 is 5.97 Å². The molecule has 104 valence electrons. The molecule has 0 aliphatic heterocycles. The summed E-state index contributed by atoms with van der Waals surface area (Å²) in [5.74, 6) is -0.502. The first kappa shape index (κ1) is 14.0. The number of ether oxygens (including phenoxy) is 1. The minimum atomic E-state index is -0.502. The first-order valence-corrected chi connectivity index (χ1v) is 6.24. The van der Waals surface area contributed by atoms with E-state index in [0.717, 1.165) is 21.4 Å². The van der Waals surface area contributed by atoms with Gasteiger partial charge < -0.3 is 4.74 Å². The SMILES string of the molecule is COC(=O)Cn1nc(-c2cc(C)ccc2C)ccc1=O. The van der Waals surface area contributed by atoms with Crippen molar-refractivity contribution in [3.8, 4) is 11.3 Å². The quantitative estimate of drug-likeness (QED) is 0.798. The molecule has 0 unspecified atom stereocenters. The predicted octanol–water partition coefficient (Wildman–Crippen LogP) is 1.70. The molecule has 0 aliphatic carbocycles. The molecule has 0 atom stereocenters. The van der Waals surface area contributed by atoms with E-state index in [1.54, 1.807) is 6.07 Å². The molecular formula is C15H16N2O3. The van der Waals surface area contributed by atoms with Crippen molar-refractivity contribution in [3.05, 3.63) is 51.8 Å². The normalized spacial score (nSPS) is 10.3. The van der Waals surface area contributed by atoms with Gasteiger partial charge in [0.1, 0.15) is 6.54 Å². The number of hydrogen-bond acceptors (Lipinski definition) is 4. The molecule has 0 spiro atoms. The summed E-state index contributed by atoms with van der Waals surface area (Å²) < 4.78 is 5.67. The van der Waals surface area contributed by atoms with Crippen LogP contribution in [0.15, 0.2) is 35.1 Å². The Balaban J connectivity index is 2.48. The topological polar surface area (TPSA) is 61.2 Å². The average molecular weight is 272 g/mol. The second kappa shape index (κ2) is 5.69. The van der Waals surface area contributed by atoms with Gasteiger partial charge in [0.15, 0.2) is 0 Å². The summed E-state index contributed by atoms with van der Waals surface area (Å²) in [4.78, 5) is 23.0. The Kier molecular flexibility index (Phi) is 3.98. The highest BCUT2D eigenvalue weighted by molar-refractivity contribution is 5.69. The van der Waals surface area contributed by atoms with Crippen LogP contribution in [-0.2, 0) is 16.1 Å².